The Hall–Kier alpha value is -2.79. The van der Waals surface area contributed by atoms with E-state index in [0.29, 0.717) is 10.7 Å². The monoisotopic (exact) mass is 381 g/mol. The molecule has 0 saturated carbocycles. The van der Waals surface area contributed by atoms with Crippen molar-refractivity contribution >= 4 is 41.0 Å². The largest absolute Gasteiger partial charge is 0.372 e. The first kappa shape index (κ1) is 17.6. The molecule has 0 unspecified atom stereocenters. The second-order valence-corrected chi connectivity index (χ2v) is 7.18. The van der Waals surface area contributed by atoms with Gasteiger partial charge in [-0.3, -0.25) is 4.79 Å². The van der Waals surface area contributed by atoms with Gasteiger partial charge in [0.2, 0.25) is 0 Å². The van der Waals surface area contributed by atoms with Crippen LogP contribution in [-0.2, 0) is 4.79 Å². The molecule has 138 valence electrons. The van der Waals surface area contributed by atoms with Gasteiger partial charge in [0, 0.05) is 23.8 Å². The lowest BCUT2D eigenvalue weighted by atomic mass is 10.1. The number of nitrogens with one attached hydrogen (secondary N) is 1. The Morgan fingerprint density at radius 2 is 1.67 bits per heavy atom. The van der Waals surface area contributed by atoms with E-state index >= 15 is 0 Å². The fourth-order valence-electron chi connectivity index (χ4n) is 3.48. The van der Waals surface area contributed by atoms with Crippen LogP contribution in [0.1, 0.15) is 24.8 Å². The number of benzene rings is 2. The summed E-state index contributed by atoms with van der Waals surface area (Å²) >= 11 is 5.98. The summed E-state index contributed by atoms with van der Waals surface area (Å²) in [5.74, 6) is -0.387. The smallest absolute Gasteiger partial charge is 0.333 e. The molecule has 1 N–H and O–H groups in total. The van der Waals surface area contributed by atoms with Crippen LogP contribution in [0.25, 0.3) is 6.08 Å². The van der Waals surface area contributed by atoms with Gasteiger partial charge in [-0.15, -0.1) is 0 Å². The van der Waals surface area contributed by atoms with Crippen molar-refractivity contribution in [1.82, 2.24) is 5.32 Å². The summed E-state index contributed by atoms with van der Waals surface area (Å²) in [6.45, 7) is 2.17. The van der Waals surface area contributed by atoms with Gasteiger partial charge in [0.25, 0.3) is 5.91 Å². The standard InChI is InChI=1S/C21H20ClN3O2/c22-16-5-4-6-18(14-16)25-20(26)19(23-21(25)27)13-15-7-9-17(10-8-15)24-11-2-1-3-12-24/h4-10,13-14H,1-3,11-12H2,(H,23,27). The van der Waals surface area contributed by atoms with E-state index in [0.717, 1.165) is 23.6 Å². The van der Waals surface area contributed by atoms with Crippen LogP contribution in [0.3, 0.4) is 0 Å². The van der Waals surface area contributed by atoms with E-state index in [-0.39, 0.29) is 11.6 Å². The molecule has 2 saturated heterocycles. The average Bonchev–Trinajstić information content (AvgIpc) is 2.96. The van der Waals surface area contributed by atoms with E-state index in [1.54, 1.807) is 30.3 Å². The molecule has 3 amide bonds. The van der Waals surface area contributed by atoms with E-state index in [2.05, 4.69) is 22.3 Å². The number of carbonyl (C=O) groups excluding carboxylic acids is 2. The first-order chi connectivity index (χ1) is 13.1. The summed E-state index contributed by atoms with van der Waals surface area (Å²) in [6.07, 6.45) is 5.45. The lowest BCUT2D eigenvalue weighted by Gasteiger charge is -2.28. The molecule has 2 aromatic carbocycles. The molecule has 6 heteroatoms. The summed E-state index contributed by atoms with van der Waals surface area (Å²) in [4.78, 5) is 28.4. The van der Waals surface area contributed by atoms with Gasteiger partial charge in [0.1, 0.15) is 5.70 Å². The third-order valence-corrected chi connectivity index (χ3v) is 5.10. The van der Waals surface area contributed by atoms with Crippen LogP contribution in [0.15, 0.2) is 54.2 Å². The Morgan fingerprint density at radius 1 is 0.926 bits per heavy atom. The topological polar surface area (TPSA) is 52.7 Å². The molecule has 2 aromatic rings. The van der Waals surface area contributed by atoms with Gasteiger partial charge in [0.05, 0.1) is 5.69 Å². The molecular formula is C21H20ClN3O2. The van der Waals surface area contributed by atoms with Crippen molar-refractivity contribution in [2.75, 3.05) is 22.9 Å². The molecule has 0 spiro atoms. The Morgan fingerprint density at radius 3 is 2.37 bits per heavy atom. The van der Waals surface area contributed by atoms with Crippen LogP contribution in [-0.4, -0.2) is 25.0 Å². The predicted octanol–water partition coefficient (Wildman–Crippen LogP) is 4.43. The van der Waals surface area contributed by atoms with Gasteiger partial charge in [-0.1, -0.05) is 29.8 Å². The zero-order chi connectivity index (χ0) is 18.8. The number of piperidine rings is 1. The third kappa shape index (κ3) is 3.69. The van der Waals surface area contributed by atoms with Crippen LogP contribution in [0, 0.1) is 0 Å². The zero-order valence-electron chi connectivity index (χ0n) is 14.8. The highest BCUT2D eigenvalue weighted by Crippen LogP contribution is 2.26. The Bertz CT molecular complexity index is 902. The molecule has 2 fully saturated rings. The molecule has 0 aliphatic carbocycles. The van der Waals surface area contributed by atoms with E-state index in [4.69, 9.17) is 11.6 Å². The number of imide groups is 1. The average molecular weight is 382 g/mol. The third-order valence-electron chi connectivity index (χ3n) is 4.87. The van der Waals surface area contributed by atoms with E-state index in [9.17, 15) is 9.59 Å². The van der Waals surface area contributed by atoms with Crippen LogP contribution < -0.4 is 15.1 Å². The van der Waals surface area contributed by atoms with Crippen LogP contribution >= 0.6 is 11.6 Å². The minimum Gasteiger partial charge on any atom is -0.372 e. The minimum atomic E-state index is -0.474. The highest BCUT2D eigenvalue weighted by Gasteiger charge is 2.34. The lowest BCUT2D eigenvalue weighted by molar-refractivity contribution is -0.113. The van der Waals surface area contributed by atoms with Crippen molar-refractivity contribution in [3.8, 4) is 0 Å². The zero-order valence-corrected chi connectivity index (χ0v) is 15.6. The SMILES string of the molecule is O=C1NC(=Cc2ccc(N3CCCCC3)cc2)C(=O)N1c1cccc(Cl)c1. The van der Waals surface area contributed by atoms with Gasteiger partial charge in [-0.2, -0.15) is 0 Å². The molecule has 0 atom stereocenters. The highest BCUT2D eigenvalue weighted by atomic mass is 35.5. The van der Waals surface area contributed by atoms with E-state index in [1.165, 1.54) is 24.9 Å². The quantitative estimate of drug-likeness (QED) is 0.632. The number of rotatable bonds is 3. The number of anilines is 2. The van der Waals surface area contributed by atoms with Crippen molar-refractivity contribution in [1.29, 1.82) is 0 Å². The summed E-state index contributed by atoms with van der Waals surface area (Å²) in [5.41, 5.74) is 2.77. The van der Waals surface area contributed by atoms with Crippen LogP contribution in [0.5, 0.6) is 0 Å². The number of carbonyl (C=O) groups is 2. The Labute approximate surface area is 163 Å². The van der Waals surface area contributed by atoms with Crippen molar-refractivity contribution in [3.05, 3.63) is 64.8 Å². The van der Waals surface area contributed by atoms with Gasteiger partial charge in [-0.25, -0.2) is 9.69 Å². The minimum absolute atomic E-state index is 0.255. The van der Waals surface area contributed by atoms with Crippen LogP contribution in [0.2, 0.25) is 5.02 Å². The normalized spacial score (nSPS) is 18.9. The number of amides is 3. The summed E-state index contributed by atoms with van der Waals surface area (Å²) in [6, 6.07) is 14.3. The highest BCUT2D eigenvalue weighted by molar-refractivity contribution is 6.32. The summed E-state index contributed by atoms with van der Waals surface area (Å²) < 4.78 is 0. The molecule has 5 nitrogen and oxygen atoms in total. The fraction of sp³-hybridized carbons (Fsp3) is 0.238. The number of urea groups is 1. The Balaban J connectivity index is 1.54. The van der Waals surface area contributed by atoms with E-state index in [1.807, 2.05) is 12.1 Å². The number of nitrogens with zero attached hydrogens (tertiary/aromatic N) is 2. The van der Waals surface area contributed by atoms with Gasteiger partial charge < -0.3 is 10.2 Å². The van der Waals surface area contributed by atoms with Crippen molar-refractivity contribution in [3.63, 3.8) is 0 Å². The van der Waals surface area contributed by atoms with Crippen molar-refractivity contribution < 1.29 is 9.59 Å². The molecule has 0 radical (unpaired) electrons. The number of hydrogen-bond donors (Lipinski definition) is 1. The van der Waals surface area contributed by atoms with Gasteiger partial charge in [0.15, 0.2) is 0 Å². The predicted molar refractivity (Wildman–Crippen MR) is 108 cm³/mol. The number of halogens is 1. The maximum atomic E-state index is 12.7. The lowest BCUT2D eigenvalue weighted by Crippen LogP contribution is -2.30. The molecule has 27 heavy (non-hydrogen) atoms. The second-order valence-electron chi connectivity index (χ2n) is 6.75. The second kappa shape index (κ2) is 7.45. The summed E-state index contributed by atoms with van der Waals surface area (Å²) in [5, 5.41) is 3.11. The molecule has 2 aliphatic heterocycles. The molecule has 4 rings (SSSR count). The van der Waals surface area contributed by atoms with E-state index < -0.39 is 6.03 Å². The number of hydrogen-bond acceptors (Lipinski definition) is 3. The summed E-state index contributed by atoms with van der Waals surface area (Å²) in [7, 11) is 0. The Kier molecular flexibility index (Phi) is 4.86. The van der Waals surface area contributed by atoms with Crippen molar-refractivity contribution in [2.24, 2.45) is 0 Å². The maximum absolute atomic E-state index is 12.7. The van der Waals surface area contributed by atoms with Crippen LogP contribution in [0.4, 0.5) is 16.2 Å². The van der Waals surface area contributed by atoms with Gasteiger partial charge >= 0.3 is 6.03 Å². The van der Waals surface area contributed by atoms with Gasteiger partial charge in [-0.05, 0) is 61.2 Å². The molecule has 0 bridgehead atoms. The molecular weight excluding hydrogens is 362 g/mol. The maximum Gasteiger partial charge on any atom is 0.333 e. The molecule has 0 aromatic heterocycles. The molecule has 2 heterocycles. The first-order valence-corrected chi connectivity index (χ1v) is 9.47. The molecule has 2 aliphatic rings. The van der Waals surface area contributed by atoms with Crippen molar-refractivity contribution in [2.45, 2.75) is 19.3 Å². The fourth-order valence-corrected chi connectivity index (χ4v) is 3.67. The first-order valence-electron chi connectivity index (χ1n) is 9.09.